The topological polar surface area (TPSA) is 86.5 Å². The molecule has 5 nitrogen and oxygen atoms in total. The van der Waals surface area contributed by atoms with Gasteiger partial charge in [0.1, 0.15) is 0 Å². The zero-order valence-electron chi connectivity index (χ0n) is 11.2. The van der Waals surface area contributed by atoms with E-state index in [0.717, 1.165) is 25.7 Å². The van der Waals surface area contributed by atoms with E-state index in [-0.39, 0.29) is 23.0 Å². The van der Waals surface area contributed by atoms with Crippen LogP contribution in [-0.2, 0) is 10.1 Å². The van der Waals surface area contributed by atoms with Crippen molar-refractivity contribution in [2.75, 3.05) is 5.75 Å². The van der Waals surface area contributed by atoms with Gasteiger partial charge in [-0.2, -0.15) is 8.42 Å². The van der Waals surface area contributed by atoms with Crippen molar-refractivity contribution in [2.24, 2.45) is 11.7 Å². The van der Waals surface area contributed by atoms with Crippen LogP contribution in [0.5, 0.6) is 5.75 Å². The summed E-state index contributed by atoms with van der Waals surface area (Å²) in [5.74, 6) is -0.543. The molecule has 1 aliphatic rings. The molecule has 0 heterocycles. The molecule has 0 unspecified atom stereocenters. The minimum atomic E-state index is -3.70. The smallest absolute Gasteiger partial charge is 0.309 e. The molecule has 0 spiro atoms. The van der Waals surface area contributed by atoms with E-state index in [0.29, 0.717) is 0 Å². The highest BCUT2D eigenvalue weighted by Crippen LogP contribution is 2.26. The van der Waals surface area contributed by atoms with Crippen molar-refractivity contribution in [1.29, 1.82) is 0 Å². The number of primary amides is 1. The van der Waals surface area contributed by atoms with E-state index in [9.17, 15) is 13.2 Å². The number of hydrogen-bond acceptors (Lipinski definition) is 4. The summed E-state index contributed by atoms with van der Waals surface area (Å²) in [5, 5.41) is 0. The van der Waals surface area contributed by atoms with Crippen LogP contribution in [0.25, 0.3) is 0 Å². The molecule has 6 heteroatoms. The molecule has 0 atom stereocenters. The lowest BCUT2D eigenvalue weighted by atomic mass is 9.91. The van der Waals surface area contributed by atoms with E-state index in [1.165, 1.54) is 18.6 Å². The Labute approximate surface area is 119 Å². The zero-order valence-corrected chi connectivity index (χ0v) is 12.1. The summed E-state index contributed by atoms with van der Waals surface area (Å²) >= 11 is 0. The van der Waals surface area contributed by atoms with E-state index in [1.54, 1.807) is 12.1 Å². The van der Waals surface area contributed by atoms with E-state index in [4.69, 9.17) is 9.92 Å². The average Bonchev–Trinajstić information content (AvgIpc) is 2.39. The van der Waals surface area contributed by atoms with Crippen molar-refractivity contribution >= 4 is 16.0 Å². The molecule has 20 heavy (non-hydrogen) atoms. The number of amides is 1. The highest BCUT2D eigenvalue weighted by molar-refractivity contribution is 7.87. The summed E-state index contributed by atoms with van der Waals surface area (Å²) in [6.45, 7) is 0. The molecule has 110 valence electrons. The van der Waals surface area contributed by atoms with Crippen LogP contribution in [0.1, 0.15) is 42.5 Å². The van der Waals surface area contributed by atoms with Gasteiger partial charge in [0.15, 0.2) is 5.75 Å². The molecule has 0 saturated heterocycles. The van der Waals surface area contributed by atoms with Gasteiger partial charge in [-0.05, 0) is 30.9 Å². The third-order valence-corrected chi connectivity index (χ3v) is 4.85. The lowest BCUT2D eigenvalue weighted by Gasteiger charge is -2.21. The second-order valence-electron chi connectivity index (χ2n) is 5.17. The van der Waals surface area contributed by atoms with Crippen molar-refractivity contribution in [3.63, 3.8) is 0 Å². The van der Waals surface area contributed by atoms with Crippen molar-refractivity contribution in [3.05, 3.63) is 29.8 Å². The number of nitrogens with two attached hydrogens (primary N) is 1. The Morgan fingerprint density at radius 2 is 1.85 bits per heavy atom. The number of carbonyl (C=O) groups excluding carboxylic acids is 1. The number of rotatable bonds is 5. The summed E-state index contributed by atoms with van der Waals surface area (Å²) in [5.41, 5.74) is 5.29. The fraction of sp³-hybridized carbons (Fsp3) is 0.500. The summed E-state index contributed by atoms with van der Waals surface area (Å²) < 4.78 is 29.2. The maximum atomic E-state index is 12.1. The van der Waals surface area contributed by atoms with Gasteiger partial charge < -0.3 is 9.92 Å². The summed E-state index contributed by atoms with van der Waals surface area (Å²) in [6, 6.07) is 6.12. The van der Waals surface area contributed by atoms with Crippen molar-refractivity contribution in [1.82, 2.24) is 0 Å². The molecule has 2 rings (SSSR count). The van der Waals surface area contributed by atoms with Crippen LogP contribution < -0.4 is 9.92 Å². The van der Waals surface area contributed by atoms with Crippen LogP contribution in [0.3, 0.4) is 0 Å². The van der Waals surface area contributed by atoms with Gasteiger partial charge in [0, 0.05) is 0 Å². The van der Waals surface area contributed by atoms with Gasteiger partial charge >= 0.3 is 10.1 Å². The molecule has 1 aliphatic carbocycles. The summed E-state index contributed by atoms with van der Waals surface area (Å²) in [6.07, 6.45) is 5.14. The molecular formula is C14H19NO4S. The Morgan fingerprint density at radius 1 is 1.20 bits per heavy atom. The molecule has 0 aromatic heterocycles. The number of carbonyl (C=O) groups is 1. The summed E-state index contributed by atoms with van der Waals surface area (Å²) in [4.78, 5) is 11.2. The molecule has 1 aromatic carbocycles. The first kappa shape index (κ1) is 14.8. The minimum Gasteiger partial charge on any atom is -0.382 e. The number of para-hydroxylation sites is 1. The monoisotopic (exact) mass is 297 g/mol. The SMILES string of the molecule is NC(=O)c1ccccc1OS(=O)(=O)CC1CCCCC1. The second-order valence-corrected chi connectivity index (χ2v) is 6.79. The Bertz CT molecular complexity index is 577. The molecule has 0 bridgehead atoms. The minimum absolute atomic E-state index is 0.0000954. The fourth-order valence-electron chi connectivity index (χ4n) is 2.56. The van der Waals surface area contributed by atoms with Crippen molar-refractivity contribution in [2.45, 2.75) is 32.1 Å². The molecule has 0 aliphatic heterocycles. The van der Waals surface area contributed by atoms with Gasteiger partial charge in [-0.3, -0.25) is 4.79 Å². The van der Waals surface area contributed by atoms with Crippen LogP contribution in [-0.4, -0.2) is 20.1 Å². The molecule has 1 fully saturated rings. The fourth-order valence-corrected chi connectivity index (χ4v) is 3.95. The predicted molar refractivity (Wildman–Crippen MR) is 75.9 cm³/mol. The lowest BCUT2D eigenvalue weighted by molar-refractivity contribution is 0.0999. The average molecular weight is 297 g/mol. The van der Waals surface area contributed by atoms with Gasteiger partial charge in [-0.1, -0.05) is 31.4 Å². The molecule has 1 saturated carbocycles. The van der Waals surface area contributed by atoms with Crippen molar-refractivity contribution < 1.29 is 17.4 Å². The maximum Gasteiger partial charge on any atom is 0.309 e. The third kappa shape index (κ3) is 3.96. The van der Waals surface area contributed by atoms with E-state index in [1.807, 2.05) is 0 Å². The zero-order chi connectivity index (χ0) is 14.6. The Hall–Kier alpha value is -1.56. The Balaban J connectivity index is 2.10. The van der Waals surface area contributed by atoms with Gasteiger partial charge in [0.25, 0.3) is 5.91 Å². The third-order valence-electron chi connectivity index (χ3n) is 3.53. The molecule has 1 amide bonds. The summed E-state index contributed by atoms with van der Waals surface area (Å²) in [7, 11) is -3.70. The van der Waals surface area contributed by atoms with E-state index < -0.39 is 16.0 Å². The van der Waals surface area contributed by atoms with Gasteiger partial charge in [0.05, 0.1) is 11.3 Å². The van der Waals surface area contributed by atoms with Gasteiger partial charge in [-0.15, -0.1) is 0 Å². The molecular weight excluding hydrogens is 278 g/mol. The molecule has 0 radical (unpaired) electrons. The van der Waals surface area contributed by atoms with Gasteiger partial charge in [-0.25, -0.2) is 0 Å². The van der Waals surface area contributed by atoms with Crippen LogP contribution >= 0.6 is 0 Å². The van der Waals surface area contributed by atoms with E-state index >= 15 is 0 Å². The maximum absolute atomic E-state index is 12.1. The van der Waals surface area contributed by atoms with Crippen LogP contribution in [0.15, 0.2) is 24.3 Å². The Morgan fingerprint density at radius 3 is 2.50 bits per heavy atom. The first-order valence-electron chi connectivity index (χ1n) is 6.79. The highest BCUT2D eigenvalue weighted by Gasteiger charge is 2.24. The van der Waals surface area contributed by atoms with Crippen molar-refractivity contribution in [3.8, 4) is 5.75 Å². The number of benzene rings is 1. The standard InChI is InChI=1S/C14H19NO4S/c15-14(16)12-8-4-5-9-13(12)19-20(17,18)10-11-6-2-1-3-7-11/h4-5,8-9,11H,1-3,6-7,10H2,(H2,15,16). The first-order chi connectivity index (χ1) is 9.48. The quantitative estimate of drug-likeness (QED) is 0.843. The highest BCUT2D eigenvalue weighted by atomic mass is 32.2. The predicted octanol–water partition coefficient (Wildman–Crippen LogP) is 2.07. The van der Waals surface area contributed by atoms with Crippen LogP contribution in [0.2, 0.25) is 0 Å². The first-order valence-corrected chi connectivity index (χ1v) is 8.37. The molecule has 1 aromatic rings. The van der Waals surface area contributed by atoms with Crippen LogP contribution in [0.4, 0.5) is 0 Å². The van der Waals surface area contributed by atoms with Gasteiger partial charge in [0.2, 0.25) is 0 Å². The second kappa shape index (κ2) is 6.26. The number of hydrogen-bond donors (Lipinski definition) is 1. The molecule has 2 N–H and O–H groups in total. The largest absolute Gasteiger partial charge is 0.382 e. The van der Waals surface area contributed by atoms with E-state index in [2.05, 4.69) is 0 Å². The normalized spacial score (nSPS) is 16.8. The lowest BCUT2D eigenvalue weighted by Crippen LogP contribution is -2.23. The Kier molecular flexibility index (Phi) is 4.65. The van der Waals surface area contributed by atoms with Crippen LogP contribution in [0, 0.1) is 5.92 Å².